The summed E-state index contributed by atoms with van der Waals surface area (Å²) in [7, 11) is 0. The number of allylic oxidation sites excluding steroid dienone is 5. The number of rotatable bonds is 4. The maximum atomic E-state index is 4.47. The summed E-state index contributed by atoms with van der Waals surface area (Å²) in [6.45, 7) is 11.1. The third-order valence-electron chi connectivity index (χ3n) is 9.05. The van der Waals surface area contributed by atoms with Crippen molar-refractivity contribution in [3.8, 4) is 0 Å². The molecular formula is C41H32S2. The summed E-state index contributed by atoms with van der Waals surface area (Å²) in [6.07, 6.45) is 12.4. The molecular weight excluding hydrogens is 557 g/mol. The van der Waals surface area contributed by atoms with Crippen molar-refractivity contribution >= 4 is 92.2 Å². The van der Waals surface area contributed by atoms with Crippen LogP contribution < -0.4 is 0 Å². The Morgan fingerprint density at radius 3 is 2.23 bits per heavy atom. The average molecular weight is 589 g/mol. The van der Waals surface area contributed by atoms with Crippen molar-refractivity contribution in [3.63, 3.8) is 0 Å². The highest BCUT2D eigenvalue weighted by molar-refractivity contribution is 7.26. The molecule has 0 saturated heterocycles. The molecule has 0 nitrogen and oxygen atoms in total. The zero-order chi connectivity index (χ0) is 29.2. The number of hydrogen-bond acceptors (Lipinski definition) is 2. The molecule has 0 saturated carbocycles. The smallest absolute Gasteiger partial charge is 0.0361 e. The minimum atomic E-state index is 0.567. The van der Waals surface area contributed by atoms with E-state index < -0.39 is 0 Å². The second kappa shape index (κ2) is 10.2. The van der Waals surface area contributed by atoms with Crippen LogP contribution in [-0.2, 0) is 6.42 Å². The predicted molar refractivity (Wildman–Crippen MR) is 195 cm³/mol. The molecule has 2 heterocycles. The minimum Gasteiger partial charge on any atom is -0.140 e. The fraction of sp³-hybridized carbons (Fsp3) is 0.122. The molecule has 5 aromatic carbocycles. The normalized spacial score (nSPS) is 15.5. The van der Waals surface area contributed by atoms with Crippen LogP contribution in [0.3, 0.4) is 0 Å². The molecule has 2 aromatic heterocycles. The predicted octanol–water partition coefficient (Wildman–Crippen LogP) is 12.8. The summed E-state index contributed by atoms with van der Waals surface area (Å²) >= 11 is 3.84. The van der Waals surface area contributed by atoms with Crippen molar-refractivity contribution in [2.24, 2.45) is 5.92 Å². The molecule has 8 rings (SSSR count). The molecule has 0 radical (unpaired) electrons. The monoisotopic (exact) mass is 588 g/mol. The van der Waals surface area contributed by atoms with E-state index in [9.17, 15) is 0 Å². The number of hydrogen-bond donors (Lipinski definition) is 0. The van der Waals surface area contributed by atoms with Crippen molar-refractivity contribution in [1.82, 2.24) is 0 Å². The van der Waals surface area contributed by atoms with E-state index in [1.54, 1.807) is 0 Å². The molecule has 0 bridgehead atoms. The van der Waals surface area contributed by atoms with E-state index in [2.05, 4.69) is 137 Å². The van der Waals surface area contributed by atoms with E-state index >= 15 is 0 Å². The second-order valence-corrected chi connectivity index (χ2v) is 14.2. The van der Waals surface area contributed by atoms with E-state index in [4.69, 9.17) is 0 Å². The Balaban J connectivity index is 1.13. The van der Waals surface area contributed by atoms with E-state index in [-0.39, 0.29) is 0 Å². The molecule has 1 aliphatic carbocycles. The van der Waals surface area contributed by atoms with Crippen LogP contribution in [-0.4, -0.2) is 0 Å². The number of benzene rings is 5. The van der Waals surface area contributed by atoms with E-state index in [0.29, 0.717) is 5.92 Å². The summed E-state index contributed by atoms with van der Waals surface area (Å²) < 4.78 is 4.06. The number of fused-ring (bicyclic) bond motifs is 8. The van der Waals surface area contributed by atoms with Gasteiger partial charge in [-0.25, -0.2) is 0 Å². The Bertz CT molecular complexity index is 2370. The molecule has 0 N–H and O–H groups in total. The van der Waals surface area contributed by atoms with Gasteiger partial charge < -0.3 is 0 Å². The highest BCUT2D eigenvalue weighted by atomic mass is 32.1. The number of aryl methyl sites for hydroxylation is 1. The van der Waals surface area contributed by atoms with Crippen molar-refractivity contribution < 1.29 is 0 Å². The quantitative estimate of drug-likeness (QED) is 0.179. The van der Waals surface area contributed by atoms with Gasteiger partial charge in [-0.15, -0.1) is 22.7 Å². The average Bonchev–Trinajstić information content (AvgIpc) is 3.53. The van der Waals surface area contributed by atoms with E-state index in [0.717, 1.165) is 17.6 Å². The SMILES string of the molecule is C=C(/C=C\c1cc2sc3c(c2cc1C)C=C(/C=C\C)C(C)C3)c1ccc2cc3sc4cc5ccccc5cc4c3cc2c1. The summed E-state index contributed by atoms with van der Waals surface area (Å²) in [6, 6.07) is 29.5. The van der Waals surface area contributed by atoms with Crippen LogP contribution in [0, 0.1) is 12.8 Å². The molecule has 0 aliphatic heterocycles. The minimum absolute atomic E-state index is 0.567. The Hall–Kier alpha value is -4.24. The van der Waals surface area contributed by atoms with Crippen molar-refractivity contribution in [2.75, 3.05) is 0 Å². The molecule has 208 valence electrons. The van der Waals surface area contributed by atoms with Gasteiger partial charge in [-0.1, -0.05) is 74.2 Å². The van der Waals surface area contributed by atoms with Crippen LogP contribution in [0.15, 0.2) is 109 Å². The largest absolute Gasteiger partial charge is 0.140 e. The van der Waals surface area contributed by atoms with Gasteiger partial charge in [0.1, 0.15) is 0 Å². The molecule has 7 aromatic rings. The van der Waals surface area contributed by atoms with Gasteiger partial charge >= 0.3 is 0 Å². The standard InChI is InChI=1S/C41H32S2/c1-5-8-27-18-35-34-15-25(3)29(21-39(34)42-38(35)16-26(27)4)12-11-24(2)28-13-14-32-23-41-37(20-33(32)17-28)36-19-30-9-6-7-10-31(30)22-40(36)43-41/h5-15,17-23,26H,2,16H2,1,3-4H3/b8-5-,12-11-. The third kappa shape index (κ3) is 4.49. The molecule has 0 fully saturated rings. The molecule has 1 atom stereocenters. The van der Waals surface area contributed by atoms with Gasteiger partial charge in [-0.05, 0) is 130 Å². The Kier molecular flexibility index (Phi) is 6.25. The first-order valence-electron chi connectivity index (χ1n) is 15.0. The lowest BCUT2D eigenvalue weighted by atomic mass is 9.87. The molecule has 0 amide bonds. The van der Waals surface area contributed by atoms with Gasteiger partial charge in [0.15, 0.2) is 0 Å². The van der Waals surface area contributed by atoms with Crippen LogP contribution in [0.4, 0.5) is 0 Å². The Labute approximate surface area is 260 Å². The van der Waals surface area contributed by atoms with Crippen molar-refractivity contribution in [3.05, 3.63) is 136 Å². The van der Waals surface area contributed by atoms with Crippen molar-refractivity contribution in [2.45, 2.75) is 27.2 Å². The van der Waals surface area contributed by atoms with Crippen LogP contribution in [0.5, 0.6) is 0 Å². The zero-order valence-corrected chi connectivity index (χ0v) is 26.3. The van der Waals surface area contributed by atoms with Gasteiger partial charge in [0.25, 0.3) is 0 Å². The Morgan fingerprint density at radius 2 is 1.47 bits per heavy atom. The van der Waals surface area contributed by atoms with Gasteiger partial charge in [0, 0.05) is 35.1 Å². The maximum Gasteiger partial charge on any atom is 0.0361 e. The molecule has 2 heteroatoms. The van der Waals surface area contributed by atoms with Gasteiger partial charge in [-0.2, -0.15) is 0 Å². The fourth-order valence-electron chi connectivity index (χ4n) is 6.63. The lowest BCUT2D eigenvalue weighted by Gasteiger charge is -2.18. The summed E-state index contributed by atoms with van der Waals surface area (Å²) in [4.78, 5) is 1.51. The van der Waals surface area contributed by atoms with E-state index in [1.807, 2.05) is 22.7 Å². The third-order valence-corrected chi connectivity index (χ3v) is 11.4. The summed E-state index contributed by atoms with van der Waals surface area (Å²) in [5, 5.41) is 9.19. The van der Waals surface area contributed by atoms with Crippen molar-refractivity contribution in [1.29, 1.82) is 0 Å². The van der Waals surface area contributed by atoms with Crippen LogP contribution in [0.1, 0.15) is 41.0 Å². The van der Waals surface area contributed by atoms with E-state index in [1.165, 1.54) is 78.9 Å². The lowest BCUT2D eigenvalue weighted by Crippen LogP contribution is -2.06. The first-order valence-corrected chi connectivity index (χ1v) is 16.6. The molecule has 0 spiro atoms. The van der Waals surface area contributed by atoms with Gasteiger partial charge in [0.05, 0.1) is 0 Å². The summed E-state index contributed by atoms with van der Waals surface area (Å²) in [5.41, 5.74) is 7.61. The first kappa shape index (κ1) is 26.4. The zero-order valence-electron chi connectivity index (χ0n) is 24.7. The van der Waals surface area contributed by atoms with Gasteiger partial charge in [0.2, 0.25) is 0 Å². The van der Waals surface area contributed by atoms with Crippen LogP contribution in [0.25, 0.3) is 69.5 Å². The number of thiophene rings is 2. The molecule has 43 heavy (non-hydrogen) atoms. The second-order valence-electron chi connectivity index (χ2n) is 12.0. The molecule has 1 aliphatic rings. The van der Waals surface area contributed by atoms with Crippen LogP contribution in [0.2, 0.25) is 0 Å². The van der Waals surface area contributed by atoms with Gasteiger partial charge in [-0.3, -0.25) is 0 Å². The first-order chi connectivity index (χ1) is 20.9. The molecule has 1 unspecified atom stereocenters. The lowest BCUT2D eigenvalue weighted by molar-refractivity contribution is 0.697. The van der Waals surface area contributed by atoms with Crippen LogP contribution >= 0.6 is 22.7 Å². The fourth-order valence-corrected chi connectivity index (χ4v) is 9.14. The highest BCUT2D eigenvalue weighted by Crippen LogP contribution is 2.42. The summed E-state index contributed by atoms with van der Waals surface area (Å²) in [5.74, 6) is 0.567. The topological polar surface area (TPSA) is 0 Å². The highest BCUT2D eigenvalue weighted by Gasteiger charge is 2.21. The Morgan fingerprint density at radius 1 is 0.767 bits per heavy atom. The maximum absolute atomic E-state index is 4.47.